The number of hydrogen-bond acceptors (Lipinski definition) is 3. The molecule has 0 bridgehead atoms. The summed E-state index contributed by atoms with van der Waals surface area (Å²) in [5, 5.41) is 3.77. The number of carbonyl (C=O) groups excluding carboxylic acids is 1. The number of amides is 1. The molecule has 22 heavy (non-hydrogen) atoms. The first-order valence-electron chi connectivity index (χ1n) is 8.44. The Bertz CT molecular complexity index is 544. The fourth-order valence-electron chi connectivity index (χ4n) is 3.48. The molecule has 2 atom stereocenters. The van der Waals surface area contributed by atoms with Crippen LogP contribution in [0.25, 0.3) is 0 Å². The van der Waals surface area contributed by atoms with E-state index >= 15 is 0 Å². The topological polar surface area (TPSA) is 41.6 Å². The summed E-state index contributed by atoms with van der Waals surface area (Å²) < 4.78 is 5.90. The molecule has 1 N–H and O–H groups in total. The van der Waals surface area contributed by atoms with Crippen molar-refractivity contribution in [2.75, 3.05) is 19.7 Å². The van der Waals surface area contributed by atoms with Gasteiger partial charge in [0.15, 0.2) is 0 Å². The average molecular weight is 302 g/mol. The maximum absolute atomic E-state index is 11.8. The number of fused-ring (bicyclic) bond motifs is 1. The Morgan fingerprint density at radius 2 is 2.27 bits per heavy atom. The van der Waals surface area contributed by atoms with Crippen molar-refractivity contribution in [2.45, 2.75) is 51.6 Å². The number of rotatable bonds is 3. The van der Waals surface area contributed by atoms with Crippen LogP contribution in [0.3, 0.4) is 0 Å². The fourth-order valence-corrected chi connectivity index (χ4v) is 3.48. The first-order chi connectivity index (χ1) is 10.7. The number of likely N-dealkylation sites (tertiary alicyclic amines) is 1. The third-order valence-corrected chi connectivity index (χ3v) is 4.72. The van der Waals surface area contributed by atoms with E-state index in [0.29, 0.717) is 18.5 Å². The highest BCUT2D eigenvalue weighted by molar-refractivity contribution is 5.76. The van der Waals surface area contributed by atoms with Gasteiger partial charge >= 0.3 is 0 Å². The molecule has 2 aliphatic heterocycles. The van der Waals surface area contributed by atoms with Crippen LogP contribution < -0.4 is 10.1 Å². The van der Waals surface area contributed by atoms with E-state index in [1.54, 1.807) is 0 Å². The van der Waals surface area contributed by atoms with Crippen LogP contribution in [0.15, 0.2) is 18.2 Å². The normalized spacial score (nSPS) is 24.5. The molecule has 0 spiro atoms. The van der Waals surface area contributed by atoms with Gasteiger partial charge in [-0.2, -0.15) is 0 Å². The van der Waals surface area contributed by atoms with Gasteiger partial charge in [-0.3, -0.25) is 4.79 Å². The van der Waals surface area contributed by atoms with Gasteiger partial charge in [0.05, 0.1) is 6.61 Å². The van der Waals surface area contributed by atoms with Crippen LogP contribution >= 0.6 is 0 Å². The minimum absolute atomic E-state index is 0.268. The molecule has 0 saturated carbocycles. The highest BCUT2D eigenvalue weighted by Gasteiger charge is 2.29. The SMILES string of the molecule is CCC(=O)N1CC[C@@H](N[C@@H]2CCCOc3cc(C)ccc32)C1. The summed E-state index contributed by atoms with van der Waals surface area (Å²) >= 11 is 0. The van der Waals surface area contributed by atoms with Gasteiger partial charge in [-0.15, -0.1) is 0 Å². The first-order valence-corrected chi connectivity index (χ1v) is 8.44. The lowest BCUT2D eigenvalue weighted by molar-refractivity contribution is -0.129. The molecule has 4 heteroatoms. The van der Waals surface area contributed by atoms with Crippen LogP contribution in [0.4, 0.5) is 0 Å². The summed E-state index contributed by atoms with van der Waals surface area (Å²) in [6, 6.07) is 7.21. The zero-order valence-electron chi connectivity index (χ0n) is 13.6. The van der Waals surface area contributed by atoms with Crippen LogP contribution in [-0.2, 0) is 4.79 Å². The maximum atomic E-state index is 11.8. The van der Waals surface area contributed by atoms with Crippen molar-refractivity contribution in [3.63, 3.8) is 0 Å². The summed E-state index contributed by atoms with van der Waals surface area (Å²) in [5.74, 6) is 1.29. The van der Waals surface area contributed by atoms with E-state index in [9.17, 15) is 4.79 Å². The monoisotopic (exact) mass is 302 g/mol. The standard InChI is InChI=1S/C18H26N2O2/c1-3-18(21)20-9-8-14(12-20)19-16-5-4-10-22-17-11-13(2)6-7-15(16)17/h6-7,11,14,16,19H,3-5,8-10,12H2,1-2H3/t14-,16-/m1/s1. The number of ether oxygens (including phenoxy) is 1. The van der Waals surface area contributed by atoms with E-state index in [-0.39, 0.29) is 5.91 Å². The third kappa shape index (κ3) is 3.27. The number of carbonyl (C=O) groups is 1. The average Bonchev–Trinajstić information content (AvgIpc) is 2.89. The molecule has 1 amide bonds. The molecule has 0 aromatic heterocycles. The molecule has 1 saturated heterocycles. The first kappa shape index (κ1) is 15.3. The maximum Gasteiger partial charge on any atom is 0.222 e. The Labute approximate surface area is 132 Å². The molecule has 0 aliphatic carbocycles. The molecule has 3 rings (SSSR count). The molecule has 0 unspecified atom stereocenters. The van der Waals surface area contributed by atoms with Crippen LogP contribution in [-0.4, -0.2) is 36.5 Å². The predicted octanol–water partition coefficient (Wildman–Crippen LogP) is 2.81. The summed E-state index contributed by atoms with van der Waals surface area (Å²) in [7, 11) is 0. The van der Waals surface area contributed by atoms with Gasteiger partial charge in [0, 0.05) is 37.2 Å². The molecule has 1 fully saturated rings. The second kappa shape index (κ2) is 6.69. The van der Waals surface area contributed by atoms with E-state index in [1.807, 2.05) is 11.8 Å². The number of hydrogen-bond donors (Lipinski definition) is 1. The molecule has 2 heterocycles. The summed E-state index contributed by atoms with van der Waals surface area (Å²) in [6.07, 6.45) is 3.81. The summed E-state index contributed by atoms with van der Waals surface area (Å²) in [6.45, 7) is 6.55. The fraction of sp³-hybridized carbons (Fsp3) is 0.611. The largest absolute Gasteiger partial charge is 0.493 e. The Morgan fingerprint density at radius 3 is 3.09 bits per heavy atom. The van der Waals surface area contributed by atoms with Gasteiger partial charge in [-0.05, 0) is 37.8 Å². The second-order valence-corrected chi connectivity index (χ2v) is 6.43. The summed E-state index contributed by atoms with van der Waals surface area (Å²) in [5.41, 5.74) is 2.50. The van der Waals surface area contributed by atoms with Crippen LogP contribution in [0.2, 0.25) is 0 Å². The van der Waals surface area contributed by atoms with E-state index in [0.717, 1.165) is 44.7 Å². The highest BCUT2D eigenvalue weighted by atomic mass is 16.5. The Morgan fingerprint density at radius 1 is 1.41 bits per heavy atom. The minimum Gasteiger partial charge on any atom is -0.493 e. The second-order valence-electron chi connectivity index (χ2n) is 6.43. The lowest BCUT2D eigenvalue weighted by atomic mass is 9.99. The quantitative estimate of drug-likeness (QED) is 0.933. The van der Waals surface area contributed by atoms with Crippen LogP contribution in [0.1, 0.15) is 49.8 Å². The van der Waals surface area contributed by atoms with Crippen LogP contribution in [0.5, 0.6) is 5.75 Å². The van der Waals surface area contributed by atoms with Gasteiger partial charge in [0.25, 0.3) is 0 Å². The van der Waals surface area contributed by atoms with Gasteiger partial charge < -0.3 is 15.0 Å². The van der Waals surface area contributed by atoms with Crippen molar-refractivity contribution in [1.29, 1.82) is 0 Å². The third-order valence-electron chi connectivity index (χ3n) is 4.72. The van der Waals surface area contributed by atoms with Crippen molar-refractivity contribution < 1.29 is 9.53 Å². The molecule has 2 aliphatic rings. The van der Waals surface area contributed by atoms with Crippen molar-refractivity contribution in [1.82, 2.24) is 10.2 Å². The van der Waals surface area contributed by atoms with Gasteiger partial charge in [-0.25, -0.2) is 0 Å². The molecule has 0 radical (unpaired) electrons. The zero-order valence-corrected chi connectivity index (χ0v) is 13.6. The Balaban J connectivity index is 1.69. The highest BCUT2D eigenvalue weighted by Crippen LogP contribution is 2.33. The molecular weight excluding hydrogens is 276 g/mol. The lowest BCUT2D eigenvalue weighted by Gasteiger charge is -2.23. The van der Waals surface area contributed by atoms with Crippen LogP contribution in [0, 0.1) is 6.92 Å². The molecular formula is C18H26N2O2. The molecule has 4 nitrogen and oxygen atoms in total. The van der Waals surface area contributed by atoms with Crippen molar-refractivity contribution in [3.8, 4) is 5.75 Å². The zero-order chi connectivity index (χ0) is 15.5. The molecule has 120 valence electrons. The van der Waals surface area contributed by atoms with E-state index in [2.05, 4.69) is 30.4 Å². The number of nitrogens with zero attached hydrogens (tertiary/aromatic N) is 1. The van der Waals surface area contributed by atoms with Gasteiger partial charge in [0.1, 0.15) is 5.75 Å². The van der Waals surface area contributed by atoms with Crippen molar-refractivity contribution >= 4 is 5.91 Å². The minimum atomic E-state index is 0.268. The van der Waals surface area contributed by atoms with Gasteiger partial charge in [-0.1, -0.05) is 19.1 Å². The van der Waals surface area contributed by atoms with Crippen molar-refractivity contribution in [2.24, 2.45) is 0 Å². The molecule has 1 aromatic carbocycles. The van der Waals surface area contributed by atoms with E-state index in [4.69, 9.17) is 4.74 Å². The molecule has 1 aromatic rings. The number of nitrogens with one attached hydrogen (secondary N) is 1. The van der Waals surface area contributed by atoms with E-state index in [1.165, 1.54) is 11.1 Å². The van der Waals surface area contributed by atoms with Crippen molar-refractivity contribution in [3.05, 3.63) is 29.3 Å². The Hall–Kier alpha value is -1.55. The number of benzene rings is 1. The lowest BCUT2D eigenvalue weighted by Crippen LogP contribution is -2.37. The summed E-state index contributed by atoms with van der Waals surface area (Å²) in [4.78, 5) is 13.8. The Kier molecular flexibility index (Phi) is 4.67. The van der Waals surface area contributed by atoms with E-state index < -0.39 is 0 Å². The number of aryl methyl sites for hydroxylation is 1. The predicted molar refractivity (Wildman–Crippen MR) is 87.1 cm³/mol. The van der Waals surface area contributed by atoms with Gasteiger partial charge in [0.2, 0.25) is 5.91 Å². The smallest absolute Gasteiger partial charge is 0.222 e.